The summed E-state index contributed by atoms with van der Waals surface area (Å²) in [6.07, 6.45) is 1.38. The zero-order valence-electron chi connectivity index (χ0n) is 12.4. The van der Waals surface area contributed by atoms with Crippen LogP contribution in [0.4, 0.5) is 11.4 Å². The van der Waals surface area contributed by atoms with E-state index in [0.29, 0.717) is 23.4 Å². The first-order valence-electron chi connectivity index (χ1n) is 6.72. The molecule has 6 nitrogen and oxygen atoms in total. The second-order valence-electron chi connectivity index (χ2n) is 4.94. The van der Waals surface area contributed by atoms with E-state index < -0.39 is 10.0 Å². The molecule has 7 heteroatoms. The van der Waals surface area contributed by atoms with Gasteiger partial charge in [-0.05, 0) is 42.0 Å². The summed E-state index contributed by atoms with van der Waals surface area (Å²) in [6.45, 7) is 0. The van der Waals surface area contributed by atoms with E-state index in [1.165, 1.54) is 24.3 Å². The molecule has 0 saturated heterocycles. The Labute approximate surface area is 134 Å². The van der Waals surface area contributed by atoms with Crippen molar-refractivity contribution in [2.24, 2.45) is 0 Å². The molecule has 0 heterocycles. The molecule has 0 aliphatic rings. The molecule has 0 unspecified atom stereocenters. The predicted octanol–water partition coefficient (Wildman–Crippen LogP) is 2.38. The number of sulfonamides is 1. The number of nitriles is 1. The molecular formula is C16H15N3O3S. The monoisotopic (exact) mass is 329 g/mol. The number of benzene rings is 2. The van der Waals surface area contributed by atoms with E-state index in [2.05, 4.69) is 16.1 Å². The summed E-state index contributed by atoms with van der Waals surface area (Å²) >= 11 is 0. The maximum Gasteiger partial charge on any atom is 0.255 e. The molecule has 23 heavy (non-hydrogen) atoms. The van der Waals surface area contributed by atoms with Crippen LogP contribution in [0.5, 0.6) is 0 Å². The molecule has 2 aromatic carbocycles. The Balaban J connectivity index is 2.04. The lowest BCUT2D eigenvalue weighted by Gasteiger charge is -2.07. The third-order valence-corrected chi connectivity index (χ3v) is 3.55. The fraction of sp³-hybridized carbons (Fsp3) is 0.125. The highest BCUT2D eigenvalue weighted by atomic mass is 32.2. The normalized spacial score (nSPS) is 10.6. The molecule has 0 saturated carbocycles. The number of amides is 1. The molecule has 0 spiro atoms. The fourth-order valence-electron chi connectivity index (χ4n) is 1.90. The first-order valence-corrected chi connectivity index (χ1v) is 8.61. The highest BCUT2D eigenvalue weighted by Crippen LogP contribution is 2.14. The average molecular weight is 329 g/mol. The zero-order valence-corrected chi connectivity index (χ0v) is 13.2. The van der Waals surface area contributed by atoms with Crippen molar-refractivity contribution in [1.29, 1.82) is 5.26 Å². The minimum absolute atomic E-state index is 0.302. The number of hydrogen-bond donors (Lipinski definition) is 2. The molecule has 0 aromatic heterocycles. The first-order chi connectivity index (χ1) is 10.9. The molecule has 0 bridgehead atoms. The van der Waals surface area contributed by atoms with Gasteiger partial charge in [0.1, 0.15) is 0 Å². The topological polar surface area (TPSA) is 99.1 Å². The third-order valence-electron chi connectivity index (χ3n) is 2.95. The second-order valence-corrected chi connectivity index (χ2v) is 6.69. The van der Waals surface area contributed by atoms with Crippen molar-refractivity contribution in [2.45, 2.75) is 6.42 Å². The van der Waals surface area contributed by atoms with Gasteiger partial charge >= 0.3 is 0 Å². The lowest BCUT2D eigenvalue weighted by Crippen LogP contribution is -2.13. The van der Waals surface area contributed by atoms with Crippen LogP contribution in [0.1, 0.15) is 15.9 Å². The summed E-state index contributed by atoms with van der Waals surface area (Å²) in [7, 11) is -3.34. The maximum atomic E-state index is 12.1. The van der Waals surface area contributed by atoms with E-state index in [1.807, 2.05) is 0 Å². The summed E-state index contributed by atoms with van der Waals surface area (Å²) in [5.41, 5.74) is 2.30. The van der Waals surface area contributed by atoms with Gasteiger partial charge in [0.15, 0.2) is 0 Å². The molecule has 1 amide bonds. The molecule has 2 N–H and O–H groups in total. The van der Waals surface area contributed by atoms with E-state index in [0.717, 1.165) is 11.8 Å². The largest absolute Gasteiger partial charge is 0.322 e. The molecule has 0 aliphatic heterocycles. The van der Waals surface area contributed by atoms with E-state index in [1.54, 1.807) is 24.3 Å². The van der Waals surface area contributed by atoms with Crippen LogP contribution in [0.15, 0.2) is 48.5 Å². The average Bonchev–Trinajstić information content (AvgIpc) is 2.48. The number of nitrogens with one attached hydrogen (secondary N) is 2. The molecule has 0 atom stereocenters. The quantitative estimate of drug-likeness (QED) is 0.879. The van der Waals surface area contributed by atoms with Crippen LogP contribution in [0, 0.1) is 11.3 Å². The minimum Gasteiger partial charge on any atom is -0.322 e. The van der Waals surface area contributed by atoms with Gasteiger partial charge in [0.25, 0.3) is 5.91 Å². The Kier molecular flexibility index (Phi) is 4.98. The van der Waals surface area contributed by atoms with Crippen LogP contribution in [0.3, 0.4) is 0 Å². The summed E-state index contributed by atoms with van der Waals surface area (Å²) in [5.74, 6) is -0.302. The molecule has 0 aliphatic carbocycles. The summed E-state index contributed by atoms with van der Waals surface area (Å²) in [6, 6.07) is 15.2. The van der Waals surface area contributed by atoms with Gasteiger partial charge in [0, 0.05) is 16.9 Å². The van der Waals surface area contributed by atoms with Crippen molar-refractivity contribution in [3.8, 4) is 6.07 Å². The highest BCUT2D eigenvalue weighted by Gasteiger charge is 2.07. The van der Waals surface area contributed by atoms with Gasteiger partial charge < -0.3 is 5.32 Å². The predicted molar refractivity (Wildman–Crippen MR) is 88.6 cm³/mol. The van der Waals surface area contributed by atoms with Crippen molar-refractivity contribution in [3.63, 3.8) is 0 Å². The SMILES string of the molecule is CS(=O)(=O)Nc1ccc(C(=O)Nc2ccc(CC#N)cc2)cc1. The molecular weight excluding hydrogens is 314 g/mol. The molecule has 0 fully saturated rings. The van der Waals surface area contributed by atoms with Gasteiger partial charge in [-0.1, -0.05) is 12.1 Å². The lowest BCUT2D eigenvalue weighted by molar-refractivity contribution is 0.102. The fourth-order valence-corrected chi connectivity index (χ4v) is 2.47. The van der Waals surface area contributed by atoms with Crippen molar-refractivity contribution < 1.29 is 13.2 Å². The van der Waals surface area contributed by atoms with Gasteiger partial charge in [0.05, 0.1) is 18.7 Å². The Morgan fingerprint density at radius 2 is 1.61 bits per heavy atom. The van der Waals surface area contributed by atoms with Crippen molar-refractivity contribution in [3.05, 3.63) is 59.7 Å². The second kappa shape index (κ2) is 6.94. The molecule has 2 aromatic rings. The van der Waals surface area contributed by atoms with Gasteiger partial charge in [-0.3, -0.25) is 9.52 Å². The van der Waals surface area contributed by atoms with Crippen LogP contribution in [-0.4, -0.2) is 20.6 Å². The van der Waals surface area contributed by atoms with Crippen LogP contribution < -0.4 is 10.0 Å². The molecule has 2 rings (SSSR count). The van der Waals surface area contributed by atoms with E-state index in [-0.39, 0.29) is 5.91 Å². The standard InChI is InChI=1S/C16H15N3O3S/c1-23(21,22)19-15-8-4-13(5-9-15)16(20)18-14-6-2-12(3-7-14)10-11-17/h2-9,19H,10H2,1H3,(H,18,20). The van der Waals surface area contributed by atoms with Crippen LogP contribution >= 0.6 is 0 Å². The lowest BCUT2D eigenvalue weighted by atomic mass is 10.1. The Morgan fingerprint density at radius 3 is 2.13 bits per heavy atom. The van der Waals surface area contributed by atoms with E-state index in [4.69, 9.17) is 5.26 Å². The van der Waals surface area contributed by atoms with Crippen molar-refractivity contribution in [2.75, 3.05) is 16.3 Å². The van der Waals surface area contributed by atoms with Gasteiger partial charge in [-0.15, -0.1) is 0 Å². The summed E-state index contributed by atoms with van der Waals surface area (Å²) in [4.78, 5) is 12.1. The Morgan fingerprint density at radius 1 is 1.04 bits per heavy atom. The van der Waals surface area contributed by atoms with Crippen molar-refractivity contribution >= 4 is 27.3 Å². The number of anilines is 2. The zero-order chi connectivity index (χ0) is 16.9. The number of hydrogen-bond acceptors (Lipinski definition) is 4. The van der Waals surface area contributed by atoms with E-state index in [9.17, 15) is 13.2 Å². The maximum absolute atomic E-state index is 12.1. The molecule has 118 valence electrons. The Hall–Kier alpha value is -2.85. The first kappa shape index (κ1) is 16.5. The van der Waals surface area contributed by atoms with Crippen molar-refractivity contribution in [1.82, 2.24) is 0 Å². The van der Waals surface area contributed by atoms with Gasteiger partial charge in [-0.25, -0.2) is 8.42 Å². The van der Waals surface area contributed by atoms with Crippen LogP contribution in [-0.2, 0) is 16.4 Å². The van der Waals surface area contributed by atoms with E-state index >= 15 is 0 Å². The Bertz CT molecular complexity index is 836. The molecule has 0 radical (unpaired) electrons. The summed E-state index contributed by atoms with van der Waals surface area (Å²) in [5, 5.41) is 11.3. The summed E-state index contributed by atoms with van der Waals surface area (Å²) < 4.78 is 24.6. The highest BCUT2D eigenvalue weighted by molar-refractivity contribution is 7.92. The third kappa shape index (κ3) is 5.13. The number of carbonyl (C=O) groups excluding carboxylic acids is 1. The van der Waals surface area contributed by atoms with Crippen LogP contribution in [0.2, 0.25) is 0 Å². The van der Waals surface area contributed by atoms with Crippen LogP contribution in [0.25, 0.3) is 0 Å². The van der Waals surface area contributed by atoms with Gasteiger partial charge in [0.2, 0.25) is 10.0 Å². The van der Waals surface area contributed by atoms with Gasteiger partial charge in [-0.2, -0.15) is 5.26 Å². The number of nitrogens with zero attached hydrogens (tertiary/aromatic N) is 1. The number of carbonyl (C=O) groups is 1. The minimum atomic E-state index is -3.34. The number of rotatable bonds is 5. The smallest absolute Gasteiger partial charge is 0.255 e.